The molecule has 0 fully saturated rings. The molecule has 1 unspecified atom stereocenters. The summed E-state index contributed by atoms with van der Waals surface area (Å²) in [5, 5.41) is 15.6. The molecule has 0 bridgehead atoms. The van der Waals surface area contributed by atoms with Crippen LogP contribution in [0.1, 0.15) is 53.4 Å². The molecule has 8 aromatic carbocycles. The third-order valence-electron chi connectivity index (χ3n) is 11.6. The third-order valence-corrected chi connectivity index (χ3v) is 11.6. The van der Waals surface area contributed by atoms with Gasteiger partial charge in [-0.15, -0.1) is 0 Å². The summed E-state index contributed by atoms with van der Waals surface area (Å²) in [5.41, 5.74) is 15.6. The molecule has 0 saturated heterocycles. The maximum Gasteiger partial charge on any atom is 0.159 e. The second-order valence-corrected chi connectivity index (χ2v) is 15.3. The molecule has 1 heterocycles. The van der Waals surface area contributed by atoms with E-state index in [1.54, 1.807) is 0 Å². The van der Waals surface area contributed by atoms with Crippen molar-refractivity contribution in [3.05, 3.63) is 215 Å². The van der Waals surface area contributed by atoms with E-state index in [0.717, 1.165) is 33.7 Å². The second-order valence-electron chi connectivity index (χ2n) is 15.3. The molecule has 4 nitrogen and oxygen atoms in total. The first-order chi connectivity index (χ1) is 28.0. The van der Waals surface area contributed by atoms with Crippen LogP contribution in [0.25, 0.3) is 55.3 Å². The predicted octanol–water partition coefficient (Wildman–Crippen LogP) is 12.5. The molecule has 10 rings (SSSR count). The normalized spacial score (nSPS) is 15.1. The Bertz CT molecular complexity index is 2930. The SMILES string of the molecule is CC1(C)c2cc(C#N)ccc2-c2c(-c3ccc(-c4ccc5ccccc5c4-c4ccc(C5=NC(c6ccccc6)NC(c6ccccc6)=N5)cc4)cc3)cccc21. The van der Waals surface area contributed by atoms with Crippen molar-refractivity contribution >= 4 is 22.4 Å². The molecule has 8 aromatic rings. The van der Waals surface area contributed by atoms with Gasteiger partial charge in [0, 0.05) is 16.5 Å². The van der Waals surface area contributed by atoms with Gasteiger partial charge in [0.25, 0.3) is 0 Å². The number of benzene rings is 8. The van der Waals surface area contributed by atoms with Crippen LogP contribution in [0.3, 0.4) is 0 Å². The molecule has 0 aromatic heterocycles. The first kappa shape index (κ1) is 34.2. The number of nitriles is 1. The lowest BCUT2D eigenvalue weighted by molar-refractivity contribution is 0.660. The first-order valence-corrected chi connectivity index (χ1v) is 19.4. The van der Waals surface area contributed by atoms with Gasteiger partial charge in [0.15, 0.2) is 5.84 Å². The van der Waals surface area contributed by atoms with E-state index in [1.165, 1.54) is 55.3 Å². The standard InChI is InChI=1S/C53H38N4/c1-53(2)46-19-11-18-43(49(46)45-30-20-34(33-54)32-47(45)53)36-21-23-37(24-22-36)44-31-29-35-12-9-10-17-42(35)48(44)38-25-27-41(28-26-38)52-56-50(39-13-5-3-6-14-39)55-51(57-52)40-15-7-4-8-16-40/h3-32,50H,1-2H3,(H,55,56,57). The summed E-state index contributed by atoms with van der Waals surface area (Å²) < 4.78 is 0. The molecule has 1 atom stereocenters. The highest BCUT2D eigenvalue weighted by atomic mass is 15.2. The summed E-state index contributed by atoms with van der Waals surface area (Å²) >= 11 is 0. The van der Waals surface area contributed by atoms with Crippen molar-refractivity contribution in [3.63, 3.8) is 0 Å². The quantitative estimate of drug-likeness (QED) is 0.185. The van der Waals surface area contributed by atoms with E-state index in [4.69, 9.17) is 9.98 Å². The number of hydrogen-bond donors (Lipinski definition) is 1. The molecule has 0 amide bonds. The topological polar surface area (TPSA) is 60.5 Å². The van der Waals surface area contributed by atoms with Crippen molar-refractivity contribution in [2.45, 2.75) is 25.4 Å². The fourth-order valence-corrected chi connectivity index (χ4v) is 8.66. The lowest BCUT2D eigenvalue weighted by atomic mass is 9.81. The average molecular weight is 731 g/mol. The van der Waals surface area contributed by atoms with Crippen molar-refractivity contribution in [2.24, 2.45) is 9.98 Å². The van der Waals surface area contributed by atoms with Crippen LogP contribution in [-0.2, 0) is 5.41 Å². The van der Waals surface area contributed by atoms with Gasteiger partial charge >= 0.3 is 0 Å². The van der Waals surface area contributed by atoms with Crippen molar-refractivity contribution < 1.29 is 0 Å². The number of nitrogens with one attached hydrogen (secondary N) is 1. The molecular formula is C53H38N4. The maximum absolute atomic E-state index is 9.65. The zero-order valence-corrected chi connectivity index (χ0v) is 31.7. The smallest absolute Gasteiger partial charge is 0.159 e. The molecule has 4 heteroatoms. The molecule has 1 aliphatic carbocycles. The van der Waals surface area contributed by atoms with Gasteiger partial charge in [-0.3, -0.25) is 0 Å². The largest absolute Gasteiger partial charge is 0.344 e. The third kappa shape index (κ3) is 5.93. The Balaban J connectivity index is 1.04. The molecule has 0 spiro atoms. The molecule has 0 saturated carbocycles. The fourth-order valence-electron chi connectivity index (χ4n) is 8.66. The average Bonchev–Trinajstić information content (AvgIpc) is 3.51. The van der Waals surface area contributed by atoms with Crippen LogP contribution in [0.4, 0.5) is 0 Å². The van der Waals surface area contributed by atoms with Crippen LogP contribution >= 0.6 is 0 Å². The van der Waals surface area contributed by atoms with E-state index in [2.05, 4.69) is 165 Å². The fraction of sp³-hybridized carbons (Fsp3) is 0.0755. The molecule has 1 aliphatic heterocycles. The number of aliphatic imine (C=N–C) groups is 2. The number of fused-ring (bicyclic) bond motifs is 4. The van der Waals surface area contributed by atoms with Crippen LogP contribution in [0.15, 0.2) is 192 Å². The summed E-state index contributed by atoms with van der Waals surface area (Å²) in [5.74, 6) is 1.51. The second kappa shape index (κ2) is 13.7. The number of nitrogens with zero attached hydrogens (tertiary/aromatic N) is 3. The zero-order chi connectivity index (χ0) is 38.5. The summed E-state index contributed by atoms with van der Waals surface area (Å²) in [6.45, 7) is 4.52. The zero-order valence-electron chi connectivity index (χ0n) is 31.7. The number of rotatable bonds is 6. The molecule has 270 valence electrons. The maximum atomic E-state index is 9.65. The van der Waals surface area contributed by atoms with E-state index in [9.17, 15) is 5.26 Å². The molecule has 2 aliphatic rings. The van der Waals surface area contributed by atoms with Gasteiger partial charge in [0.1, 0.15) is 12.0 Å². The van der Waals surface area contributed by atoms with E-state index >= 15 is 0 Å². The van der Waals surface area contributed by atoms with Crippen LogP contribution < -0.4 is 5.32 Å². The Kier molecular flexibility index (Phi) is 8.24. The molecule has 1 N–H and O–H groups in total. The lowest BCUT2D eigenvalue weighted by Gasteiger charge is -2.23. The van der Waals surface area contributed by atoms with Gasteiger partial charge < -0.3 is 5.32 Å². The van der Waals surface area contributed by atoms with E-state index < -0.39 is 0 Å². The Morgan fingerprint density at radius 3 is 1.89 bits per heavy atom. The van der Waals surface area contributed by atoms with Crippen LogP contribution in [0, 0.1) is 11.3 Å². The Morgan fingerprint density at radius 1 is 0.526 bits per heavy atom. The highest BCUT2D eigenvalue weighted by molar-refractivity contribution is 6.13. The van der Waals surface area contributed by atoms with Crippen LogP contribution in [-0.4, -0.2) is 11.7 Å². The highest BCUT2D eigenvalue weighted by Crippen LogP contribution is 2.52. The molecule has 0 radical (unpaired) electrons. The van der Waals surface area contributed by atoms with Gasteiger partial charge in [-0.2, -0.15) is 5.26 Å². The minimum atomic E-state index is -0.254. The number of hydrogen-bond acceptors (Lipinski definition) is 4. The minimum Gasteiger partial charge on any atom is -0.344 e. The highest BCUT2D eigenvalue weighted by Gasteiger charge is 2.37. The summed E-state index contributed by atoms with van der Waals surface area (Å²) in [6.07, 6.45) is -0.254. The monoisotopic (exact) mass is 730 g/mol. The Hall–Kier alpha value is -7.35. The summed E-state index contributed by atoms with van der Waals surface area (Å²) in [4.78, 5) is 10.1. The van der Waals surface area contributed by atoms with Crippen LogP contribution in [0.5, 0.6) is 0 Å². The van der Waals surface area contributed by atoms with Gasteiger partial charge in [0.05, 0.1) is 11.6 Å². The minimum absolute atomic E-state index is 0.191. The van der Waals surface area contributed by atoms with Gasteiger partial charge in [-0.05, 0) is 84.1 Å². The van der Waals surface area contributed by atoms with Crippen molar-refractivity contribution in [1.82, 2.24) is 5.32 Å². The van der Waals surface area contributed by atoms with E-state index in [-0.39, 0.29) is 11.6 Å². The van der Waals surface area contributed by atoms with Gasteiger partial charge in [-0.1, -0.05) is 184 Å². The van der Waals surface area contributed by atoms with Crippen LogP contribution in [0.2, 0.25) is 0 Å². The summed E-state index contributed by atoms with van der Waals surface area (Å²) in [6, 6.07) is 66.5. The number of amidine groups is 2. The van der Waals surface area contributed by atoms with E-state index in [1.807, 2.05) is 42.5 Å². The lowest BCUT2D eigenvalue weighted by Crippen LogP contribution is -2.33. The molecular weight excluding hydrogens is 693 g/mol. The summed E-state index contributed by atoms with van der Waals surface area (Å²) in [7, 11) is 0. The Labute approximate surface area is 333 Å². The van der Waals surface area contributed by atoms with Gasteiger partial charge in [-0.25, -0.2) is 9.98 Å². The van der Waals surface area contributed by atoms with Crippen molar-refractivity contribution in [1.29, 1.82) is 5.26 Å². The van der Waals surface area contributed by atoms with E-state index in [0.29, 0.717) is 11.4 Å². The first-order valence-electron chi connectivity index (χ1n) is 19.4. The Morgan fingerprint density at radius 2 is 1.16 bits per heavy atom. The molecule has 57 heavy (non-hydrogen) atoms. The van der Waals surface area contributed by atoms with Crippen molar-refractivity contribution in [2.75, 3.05) is 0 Å². The van der Waals surface area contributed by atoms with Crippen molar-refractivity contribution in [3.8, 4) is 50.6 Å². The van der Waals surface area contributed by atoms with Gasteiger partial charge in [0.2, 0.25) is 0 Å². The predicted molar refractivity (Wildman–Crippen MR) is 234 cm³/mol.